The van der Waals surface area contributed by atoms with Gasteiger partial charge in [-0.05, 0) is 36.7 Å². The molecule has 4 heteroatoms. The van der Waals surface area contributed by atoms with Gasteiger partial charge in [0.1, 0.15) is 5.82 Å². The molecule has 0 spiro atoms. The highest BCUT2D eigenvalue weighted by Gasteiger charge is 2.06. The Kier molecular flexibility index (Phi) is 11.0. The number of aromatic amines is 1. The van der Waals surface area contributed by atoms with E-state index in [9.17, 15) is 0 Å². The highest BCUT2D eigenvalue weighted by molar-refractivity contribution is 9.11. The lowest BCUT2D eigenvalue weighted by Gasteiger charge is -1.91. The van der Waals surface area contributed by atoms with Crippen LogP contribution >= 0.6 is 15.9 Å². The maximum atomic E-state index is 4.34. The van der Waals surface area contributed by atoms with Crippen molar-refractivity contribution >= 4 is 39.9 Å². The summed E-state index contributed by atoms with van der Waals surface area (Å²) >= 11 is 3.37. The molecule has 1 fully saturated rings. The zero-order valence-electron chi connectivity index (χ0n) is 13.8. The quantitative estimate of drug-likeness (QED) is 0.526. The van der Waals surface area contributed by atoms with E-state index in [1.807, 2.05) is 19.9 Å². The first-order valence-corrected chi connectivity index (χ1v) is 8.04. The molecule has 1 aliphatic carbocycles. The lowest BCUT2D eigenvalue weighted by Crippen LogP contribution is -1.81. The predicted octanol–water partition coefficient (Wildman–Crippen LogP) is 5.88. The minimum Gasteiger partial charge on any atom is -0.338 e. The number of nitrogens with zero attached hydrogens (tertiary/aromatic N) is 2. The first-order valence-electron chi connectivity index (χ1n) is 7.24. The number of allylic oxidation sites excluding steroid dienone is 3. The van der Waals surface area contributed by atoms with Crippen LogP contribution in [-0.4, -0.2) is 23.2 Å². The van der Waals surface area contributed by atoms with Gasteiger partial charge in [-0.25, -0.2) is 4.98 Å². The summed E-state index contributed by atoms with van der Waals surface area (Å²) in [6, 6.07) is 0. The Balaban J connectivity index is 0.000000518. The molecule has 0 saturated heterocycles. The van der Waals surface area contributed by atoms with Gasteiger partial charge in [-0.15, -0.1) is 0 Å². The second-order valence-corrected chi connectivity index (χ2v) is 5.88. The fraction of sp³-hybridized carbons (Fsp3) is 0.333. The van der Waals surface area contributed by atoms with Crippen molar-refractivity contribution in [3.05, 3.63) is 47.5 Å². The lowest BCUT2D eigenvalue weighted by molar-refractivity contribution is 1.24. The molecule has 1 aromatic rings. The Bertz CT molecular complexity index is 538. The minimum absolute atomic E-state index is 0.722. The largest absolute Gasteiger partial charge is 0.338 e. The molecule has 1 heterocycles. The highest BCUT2D eigenvalue weighted by Crippen LogP contribution is 2.18. The van der Waals surface area contributed by atoms with E-state index < -0.39 is 0 Å². The molecule has 0 bridgehead atoms. The lowest BCUT2D eigenvalue weighted by atomic mass is 10.3. The zero-order valence-corrected chi connectivity index (χ0v) is 15.4. The van der Waals surface area contributed by atoms with Gasteiger partial charge >= 0.3 is 0 Å². The van der Waals surface area contributed by atoms with Crippen LogP contribution in [0.4, 0.5) is 0 Å². The van der Waals surface area contributed by atoms with Gasteiger partial charge in [-0.3, -0.25) is 0 Å². The first kappa shape index (κ1) is 20.3. The van der Waals surface area contributed by atoms with Crippen molar-refractivity contribution < 1.29 is 0 Å². The van der Waals surface area contributed by atoms with Gasteiger partial charge in [0, 0.05) is 12.6 Å². The van der Waals surface area contributed by atoms with Crippen LogP contribution in [0.1, 0.15) is 50.3 Å². The van der Waals surface area contributed by atoms with Crippen LogP contribution < -0.4 is 0 Å². The number of hydrogen-bond acceptors (Lipinski definition) is 2. The molecule has 22 heavy (non-hydrogen) atoms. The number of halogens is 1. The Labute approximate surface area is 142 Å². The first-order chi connectivity index (χ1) is 10.5. The molecule has 0 aromatic carbocycles. The monoisotopic (exact) mass is 363 g/mol. The van der Waals surface area contributed by atoms with E-state index >= 15 is 0 Å². The van der Waals surface area contributed by atoms with Crippen molar-refractivity contribution in [1.82, 2.24) is 9.97 Å². The molecule has 0 aliphatic heterocycles. The third-order valence-electron chi connectivity index (χ3n) is 2.46. The van der Waals surface area contributed by atoms with Crippen LogP contribution in [0.3, 0.4) is 0 Å². The maximum Gasteiger partial charge on any atom is 0.137 e. The summed E-state index contributed by atoms with van der Waals surface area (Å²) in [6.45, 7) is 15.0. The van der Waals surface area contributed by atoms with E-state index in [1.165, 1.54) is 19.3 Å². The predicted molar refractivity (Wildman–Crippen MR) is 104 cm³/mol. The van der Waals surface area contributed by atoms with Crippen LogP contribution in [0.15, 0.2) is 35.3 Å². The smallest absolute Gasteiger partial charge is 0.137 e. The Morgan fingerprint density at radius 1 is 1.32 bits per heavy atom. The molecule has 1 aliphatic rings. The van der Waals surface area contributed by atoms with Crippen molar-refractivity contribution in [2.45, 2.75) is 33.1 Å². The molecule has 0 radical (unpaired) electrons. The summed E-state index contributed by atoms with van der Waals surface area (Å²) in [5.74, 6) is 0.722. The Morgan fingerprint density at radius 2 is 1.86 bits per heavy atom. The third kappa shape index (κ3) is 9.29. The maximum absolute atomic E-state index is 4.34. The van der Waals surface area contributed by atoms with Crippen LogP contribution in [-0.2, 0) is 0 Å². The Hall–Kier alpha value is -1.68. The fourth-order valence-electron chi connectivity index (χ4n) is 1.11. The van der Waals surface area contributed by atoms with Gasteiger partial charge < -0.3 is 9.98 Å². The summed E-state index contributed by atoms with van der Waals surface area (Å²) in [5, 5.41) is 0. The van der Waals surface area contributed by atoms with Crippen molar-refractivity contribution in [3.8, 4) is 0 Å². The molecule has 1 N–H and O–H groups in total. The van der Waals surface area contributed by atoms with Crippen molar-refractivity contribution in [3.63, 3.8) is 0 Å². The molecular formula is C18H26BrN3. The second kappa shape index (κ2) is 11.9. The molecule has 0 unspecified atom stereocenters. The van der Waals surface area contributed by atoms with E-state index in [4.69, 9.17) is 0 Å². The normalized spacial score (nSPS) is 12.6. The zero-order chi connectivity index (χ0) is 17.0. The molecule has 1 saturated carbocycles. The Morgan fingerprint density at radius 3 is 2.18 bits per heavy atom. The summed E-state index contributed by atoms with van der Waals surface area (Å²) in [6.07, 6.45) is 11.6. The number of H-pyrrole nitrogens is 1. The molecule has 0 atom stereocenters. The summed E-state index contributed by atoms with van der Waals surface area (Å²) < 4.78 is 1.02. The number of aliphatic imine (C=N–C) groups is 1. The number of rotatable bonds is 4. The highest BCUT2D eigenvalue weighted by atomic mass is 79.9. The molecule has 2 rings (SSSR count). The number of imidazole rings is 1. The van der Waals surface area contributed by atoms with Crippen LogP contribution in [0.2, 0.25) is 0 Å². The second-order valence-electron chi connectivity index (χ2n) is 4.63. The van der Waals surface area contributed by atoms with E-state index in [2.05, 4.69) is 50.6 Å². The minimum atomic E-state index is 0.722. The standard InChI is InChI=1S/C12H13BrN2.C3H7N.C3H6/c1-5-8(3)12-14-10(6-2)11(15-12)7-9(4)13;1-3-4-2;1-2-3-1/h5-7H,1-3H2,4H3,(H,14,15);3H,1-2H3;1-3H2/b9-7+;;. The molecule has 120 valence electrons. The fourth-order valence-corrected chi connectivity index (χ4v) is 1.34. The van der Waals surface area contributed by atoms with Gasteiger partial charge in [0.25, 0.3) is 0 Å². The summed E-state index contributed by atoms with van der Waals surface area (Å²) in [7, 11) is 1.75. The van der Waals surface area contributed by atoms with Gasteiger partial charge in [0.15, 0.2) is 0 Å². The molecule has 0 amide bonds. The van der Waals surface area contributed by atoms with Crippen LogP contribution in [0.25, 0.3) is 17.7 Å². The van der Waals surface area contributed by atoms with Crippen molar-refractivity contribution in [2.24, 2.45) is 4.99 Å². The van der Waals surface area contributed by atoms with E-state index in [0.29, 0.717) is 0 Å². The topological polar surface area (TPSA) is 41.0 Å². The number of hydrogen-bond donors (Lipinski definition) is 1. The summed E-state index contributed by atoms with van der Waals surface area (Å²) in [4.78, 5) is 11.1. The van der Waals surface area contributed by atoms with Gasteiger partial charge in [0.05, 0.1) is 11.4 Å². The third-order valence-corrected chi connectivity index (χ3v) is 2.69. The van der Waals surface area contributed by atoms with Crippen LogP contribution in [0.5, 0.6) is 0 Å². The van der Waals surface area contributed by atoms with Crippen LogP contribution in [0, 0.1) is 0 Å². The van der Waals surface area contributed by atoms with E-state index in [1.54, 1.807) is 25.4 Å². The molecule has 3 nitrogen and oxygen atoms in total. The van der Waals surface area contributed by atoms with E-state index in [-0.39, 0.29) is 0 Å². The van der Waals surface area contributed by atoms with Gasteiger partial charge in [-0.1, -0.05) is 61.0 Å². The average molecular weight is 364 g/mol. The van der Waals surface area contributed by atoms with E-state index in [0.717, 1.165) is 27.3 Å². The molecular weight excluding hydrogens is 338 g/mol. The summed E-state index contributed by atoms with van der Waals surface area (Å²) in [5.41, 5.74) is 2.49. The van der Waals surface area contributed by atoms with Gasteiger partial charge in [0.2, 0.25) is 0 Å². The SMILES string of the molecule is C1CC1.C=CC(=C)c1nc(C=C)c(/C=C(\C)Br)[nH]1.CC=NC. The average Bonchev–Trinajstić information content (AvgIpc) is 3.34. The number of aromatic nitrogens is 2. The van der Waals surface area contributed by atoms with Crippen molar-refractivity contribution in [1.29, 1.82) is 0 Å². The molecule has 1 aromatic heterocycles. The van der Waals surface area contributed by atoms with Crippen molar-refractivity contribution in [2.75, 3.05) is 7.05 Å². The number of nitrogens with one attached hydrogen (secondary N) is 1. The van der Waals surface area contributed by atoms with Gasteiger partial charge in [-0.2, -0.15) is 0 Å².